The van der Waals surface area contributed by atoms with Crippen LogP contribution in [0.25, 0.3) is 0 Å². The van der Waals surface area contributed by atoms with Crippen LogP contribution in [-0.4, -0.2) is 30.3 Å². The minimum Gasteiger partial charge on any atom is -0.454 e. The fourth-order valence-corrected chi connectivity index (χ4v) is 3.61. The van der Waals surface area contributed by atoms with Gasteiger partial charge in [-0.3, -0.25) is 4.90 Å². The van der Waals surface area contributed by atoms with Gasteiger partial charge < -0.3 is 15.2 Å². The summed E-state index contributed by atoms with van der Waals surface area (Å²) in [6.45, 7) is 7.11. The van der Waals surface area contributed by atoms with Gasteiger partial charge in [-0.15, -0.1) is 0 Å². The Labute approximate surface area is 139 Å². The molecule has 3 rings (SSSR count). The average Bonchev–Trinajstić information content (AvgIpc) is 3.02. The first kappa shape index (κ1) is 16.6. The Morgan fingerprint density at radius 1 is 1.17 bits per heavy atom. The van der Waals surface area contributed by atoms with E-state index in [2.05, 4.69) is 30.9 Å². The summed E-state index contributed by atoms with van der Waals surface area (Å²) in [7, 11) is 0. The van der Waals surface area contributed by atoms with Gasteiger partial charge in [-0.1, -0.05) is 26.3 Å². The highest BCUT2D eigenvalue weighted by Gasteiger charge is 2.25. The van der Waals surface area contributed by atoms with Crippen molar-refractivity contribution < 1.29 is 9.47 Å². The van der Waals surface area contributed by atoms with Crippen molar-refractivity contribution in [2.45, 2.75) is 64.6 Å². The lowest BCUT2D eigenvalue weighted by atomic mass is 9.90. The summed E-state index contributed by atoms with van der Waals surface area (Å²) in [5.41, 5.74) is 7.40. The molecule has 0 bridgehead atoms. The Kier molecular flexibility index (Phi) is 5.44. The molecule has 0 saturated heterocycles. The van der Waals surface area contributed by atoms with Gasteiger partial charge in [0.05, 0.1) is 0 Å². The highest BCUT2D eigenvalue weighted by atomic mass is 16.7. The summed E-state index contributed by atoms with van der Waals surface area (Å²) < 4.78 is 10.9. The number of fused-ring (bicyclic) bond motifs is 1. The van der Waals surface area contributed by atoms with Crippen molar-refractivity contribution in [3.8, 4) is 11.5 Å². The van der Waals surface area contributed by atoms with Crippen LogP contribution in [0.15, 0.2) is 18.2 Å². The van der Waals surface area contributed by atoms with E-state index in [0.29, 0.717) is 18.9 Å². The molecule has 2 aliphatic rings. The van der Waals surface area contributed by atoms with E-state index < -0.39 is 0 Å². The Morgan fingerprint density at radius 2 is 1.91 bits per heavy atom. The van der Waals surface area contributed by atoms with Crippen molar-refractivity contribution in [1.29, 1.82) is 0 Å². The van der Waals surface area contributed by atoms with E-state index in [1.165, 1.54) is 24.8 Å². The lowest BCUT2D eigenvalue weighted by molar-refractivity contribution is 0.122. The smallest absolute Gasteiger partial charge is 0.231 e. The third-order valence-corrected chi connectivity index (χ3v) is 5.32. The van der Waals surface area contributed by atoms with Crippen molar-refractivity contribution in [3.05, 3.63) is 23.8 Å². The van der Waals surface area contributed by atoms with Crippen LogP contribution >= 0.6 is 0 Å². The largest absolute Gasteiger partial charge is 0.454 e. The number of hydrogen-bond acceptors (Lipinski definition) is 4. The molecule has 4 nitrogen and oxygen atoms in total. The van der Waals surface area contributed by atoms with Gasteiger partial charge in [0.25, 0.3) is 0 Å². The molecular weight excluding hydrogens is 288 g/mol. The number of benzene rings is 1. The quantitative estimate of drug-likeness (QED) is 0.871. The van der Waals surface area contributed by atoms with E-state index in [-0.39, 0.29) is 0 Å². The van der Waals surface area contributed by atoms with E-state index in [9.17, 15) is 0 Å². The molecule has 1 aromatic rings. The summed E-state index contributed by atoms with van der Waals surface area (Å²) in [4.78, 5) is 2.66. The zero-order valence-corrected chi connectivity index (χ0v) is 14.5. The molecule has 4 heteroatoms. The Hall–Kier alpha value is -1.26. The van der Waals surface area contributed by atoms with E-state index in [1.807, 2.05) is 6.07 Å². The molecule has 0 aromatic heterocycles. The lowest BCUT2D eigenvalue weighted by Gasteiger charge is -2.37. The maximum atomic E-state index is 6.09. The Bertz CT molecular complexity index is 512. The zero-order valence-electron chi connectivity index (χ0n) is 14.5. The lowest BCUT2D eigenvalue weighted by Crippen LogP contribution is -2.42. The molecule has 1 saturated carbocycles. The molecule has 1 heterocycles. The van der Waals surface area contributed by atoms with Crippen LogP contribution in [0.4, 0.5) is 0 Å². The number of hydrogen-bond donors (Lipinski definition) is 1. The molecule has 0 spiro atoms. The molecule has 0 amide bonds. The van der Waals surface area contributed by atoms with Crippen LogP contribution in [0.1, 0.15) is 51.5 Å². The first-order chi connectivity index (χ1) is 11.2. The molecule has 1 atom stereocenters. The van der Waals surface area contributed by atoms with Crippen LogP contribution in [0.3, 0.4) is 0 Å². The van der Waals surface area contributed by atoms with E-state index >= 15 is 0 Å². The number of rotatable bonds is 6. The first-order valence-corrected chi connectivity index (χ1v) is 9.04. The second-order valence-corrected chi connectivity index (χ2v) is 7.20. The van der Waals surface area contributed by atoms with E-state index in [4.69, 9.17) is 15.2 Å². The average molecular weight is 318 g/mol. The summed E-state index contributed by atoms with van der Waals surface area (Å²) in [6.07, 6.45) is 5.99. The predicted molar refractivity (Wildman–Crippen MR) is 92.7 cm³/mol. The molecular formula is C19H30N2O2. The number of nitrogens with zero attached hydrogens (tertiary/aromatic N) is 1. The van der Waals surface area contributed by atoms with Crippen molar-refractivity contribution in [2.75, 3.05) is 13.3 Å². The minimum atomic E-state index is 0.343. The Morgan fingerprint density at radius 3 is 2.65 bits per heavy atom. The summed E-state index contributed by atoms with van der Waals surface area (Å²) in [5, 5.41) is 0. The third kappa shape index (κ3) is 4.18. The van der Waals surface area contributed by atoms with Gasteiger partial charge >= 0.3 is 0 Å². The van der Waals surface area contributed by atoms with Crippen LogP contribution in [-0.2, 0) is 6.54 Å². The Balaban J connectivity index is 1.69. The minimum absolute atomic E-state index is 0.343. The van der Waals surface area contributed by atoms with Crippen molar-refractivity contribution >= 4 is 0 Å². The number of nitrogens with two attached hydrogens (primary N) is 1. The van der Waals surface area contributed by atoms with Crippen molar-refractivity contribution in [1.82, 2.24) is 4.90 Å². The second-order valence-electron chi connectivity index (χ2n) is 7.20. The summed E-state index contributed by atoms with van der Waals surface area (Å²) >= 11 is 0. The van der Waals surface area contributed by atoms with Crippen LogP contribution in [0.2, 0.25) is 0 Å². The molecule has 1 aliphatic heterocycles. The van der Waals surface area contributed by atoms with Crippen LogP contribution < -0.4 is 15.2 Å². The van der Waals surface area contributed by atoms with Gasteiger partial charge in [0.15, 0.2) is 11.5 Å². The molecule has 1 fully saturated rings. The molecule has 1 unspecified atom stereocenters. The van der Waals surface area contributed by atoms with Gasteiger partial charge in [0, 0.05) is 25.2 Å². The zero-order chi connectivity index (χ0) is 16.2. The summed E-state index contributed by atoms with van der Waals surface area (Å²) in [5.74, 6) is 2.47. The SMILES string of the molecule is CCC(C)CN(Cc1ccc2c(c1)OCO2)C1CCC(N)CC1. The van der Waals surface area contributed by atoms with E-state index in [0.717, 1.165) is 43.3 Å². The van der Waals surface area contributed by atoms with Crippen LogP contribution in [0, 0.1) is 5.92 Å². The topological polar surface area (TPSA) is 47.7 Å². The maximum absolute atomic E-state index is 6.09. The first-order valence-electron chi connectivity index (χ1n) is 9.04. The highest BCUT2D eigenvalue weighted by molar-refractivity contribution is 5.44. The van der Waals surface area contributed by atoms with Gasteiger partial charge in [0.1, 0.15) is 0 Å². The second kappa shape index (κ2) is 7.54. The van der Waals surface area contributed by atoms with Crippen molar-refractivity contribution in [3.63, 3.8) is 0 Å². The van der Waals surface area contributed by atoms with Crippen LogP contribution in [0.5, 0.6) is 11.5 Å². The highest BCUT2D eigenvalue weighted by Crippen LogP contribution is 2.33. The molecule has 2 N–H and O–H groups in total. The fourth-order valence-electron chi connectivity index (χ4n) is 3.61. The monoisotopic (exact) mass is 318 g/mol. The molecule has 0 radical (unpaired) electrons. The third-order valence-electron chi connectivity index (χ3n) is 5.32. The van der Waals surface area contributed by atoms with Gasteiger partial charge in [-0.05, 0) is 49.3 Å². The maximum Gasteiger partial charge on any atom is 0.231 e. The fraction of sp³-hybridized carbons (Fsp3) is 0.684. The molecule has 23 heavy (non-hydrogen) atoms. The predicted octanol–water partition coefficient (Wildman–Crippen LogP) is 3.53. The van der Waals surface area contributed by atoms with Gasteiger partial charge in [-0.25, -0.2) is 0 Å². The summed E-state index contributed by atoms with van der Waals surface area (Å²) in [6, 6.07) is 7.42. The van der Waals surface area contributed by atoms with Gasteiger partial charge in [0.2, 0.25) is 6.79 Å². The normalized spacial score (nSPS) is 24.9. The van der Waals surface area contributed by atoms with E-state index in [1.54, 1.807) is 0 Å². The molecule has 1 aromatic carbocycles. The number of ether oxygens (including phenoxy) is 2. The standard InChI is InChI=1S/C19H30N2O2/c1-3-14(2)11-21(17-7-5-16(20)6-8-17)12-15-4-9-18-19(10-15)23-13-22-18/h4,9-10,14,16-17H,3,5-8,11-13,20H2,1-2H3. The van der Waals surface area contributed by atoms with Crippen molar-refractivity contribution in [2.24, 2.45) is 11.7 Å². The molecule has 1 aliphatic carbocycles. The molecule has 128 valence electrons. The van der Waals surface area contributed by atoms with Gasteiger partial charge in [-0.2, -0.15) is 0 Å².